The van der Waals surface area contributed by atoms with E-state index in [1.54, 1.807) is 32.5 Å². The third-order valence-corrected chi connectivity index (χ3v) is 9.52. The second kappa shape index (κ2) is 19.8. The molecule has 0 radical (unpaired) electrons. The van der Waals surface area contributed by atoms with Crippen LogP contribution in [0.5, 0.6) is 0 Å². The Labute approximate surface area is 285 Å². The fourth-order valence-electron chi connectivity index (χ4n) is 5.58. The Morgan fingerprint density at radius 3 is 1.53 bits per heavy atom. The Morgan fingerprint density at radius 1 is 0.681 bits per heavy atom. The number of hydrogen-bond donors (Lipinski definition) is 3. The van der Waals surface area contributed by atoms with E-state index in [4.69, 9.17) is 9.84 Å². The quantitative estimate of drug-likeness (QED) is 0.0827. The summed E-state index contributed by atoms with van der Waals surface area (Å²) in [5, 5.41) is 14.7. The van der Waals surface area contributed by atoms with Crippen LogP contribution in [0.3, 0.4) is 0 Å². The van der Waals surface area contributed by atoms with E-state index in [-0.39, 0.29) is 12.3 Å². The zero-order valence-corrected chi connectivity index (χ0v) is 29.0. The van der Waals surface area contributed by atoms with Crippen molar-refractivity contribution in [3.8, 4) is 0 Å². The van der Waals surface area contributed by atoms with E-state index in [0.717, 1.165) is 74.5 Å². The lowest BCUT2D eigenvalue weighted by Crippen LogP contribution is -2.50. The standard InChI is InChI=1S/C39H52N2O5S/c1-38(2,3)46-37(45)41-34(36(44)40-29-21-10-8-6-4-5-7-9-20-28-35(42)43)30-47-39(31-22-14-11-15-23-31,32-24-16-12-17-25-32)33-26-18-13-19-27-33/h11-19,22-27,34H,4-10,20-21,28-30H2,1-3H3,(H,40,44)(H,41,45)(H,42,43)/t34-/m0/s1. The zero-order chi connectivity index (χ0) is 34.0. The van der Waals surface area contributed by atoms with E-state index < -0.39 is 28.5 Å². The second-order valence-electron chi connectivity index (χ2n) is 12.9. The Balaban J connectivity index is 1.68. The van der Waals surface area contributed by atoms with Gasteiger partial charge < -0.3 is 20.5 Å². The summed E-state index contributed by atoms with van der Waals surface area (Å²) in [6.45, 7) is 5.95. The molecule has 47 heavy (non-hydrogen) atoms. The van der Waals surface area contributed by atoms with E-state index in [9.17, 15) is 14.4 Å². The number of carbonyl (C=O) groups excluding carboxylic acids is 2. The summed E-state index contributed by atoms with van der Waals surface area (Å²) in [6.07, 6.45) is 8.80. The topological polar surface area (TPSA) is 105 Å². The molecule has 8 heteroatoms. The van der Waals surface area contributed by atoms with Crippen LogP contribution in [-0.4, -0.2) is 47.0 Å². The van der Waals surface area contributed by atoms with Crippen molar-refractivity contribution in [2.75, 3.05) is 12.3 Å². The summed E-state index contributed by atoms with van der Waals surface area (Å²) in [6, 6.07) is 30.1. The summed E-state index contributed by atoms with van der Waals surface area (Å²) >= 11 is 1.63. The monoisotopic (exact) mass is 660 g/mol. The van der Waals surface area contributed by atoms with Crippen molar-refractivity contribution in [3.05, 3.63) is 108 Å². The molecule has 0 saturated heterocycles. The van der Waals surface area contributed by atoms with E-state index in [2.05, 4.69) is 47.0 Å². The zero-order valence-electron chi connectivity index (χ0n) is 28.2. The summed E-state index contributed by atoms with van der Waals surface area (Å²) in [5.74, 6) is -0.633. The molecule has 0 fully saturated rings. The Hall–Kier alpha value is -3.78. The average Bonchev–Trinajstić information content (AvgIpc) is 3.05. The van der Waals surface area contributed by atoms with E-state index in [1.807, 2.05) is 54.6 Å². The van der Waals surface area contributed by atoms with Crippen LogP contribution in [0.15, 0.2) is 91.0 Å². The Kier molecular flexibility index (Phi) is 15.9. The molecule has 0 bridgehead atoms. The number of aliphatic carboxylic acids is 1. The minimum absolute atomic E-state index is 0.229. The van der Waals surface area contributed by atoms with Crippen molar-refractivity contribution < 1.29 is 24.2 Å². The van der Waals surface area contributed by atoms with Crippen LogP contribution in [0.2, 0.25) is 0 Å². The summed E-state index contributed by atoms with van der Waals surface area (Å²) in [4.78, 5) is 37.2. The first-order valence-corrected chi connectivity index (χ1v) is 17.9. The molecule has 1 atom stereocenters. The number of thioether (sulfide) groups is 1. The summed E-state index contributed by atoms with van der Waals surface area (Å²) in [5.41, 5.74) is 2.55. The Bertz CT molecular complexity index is 1250. The van der Waals surface area contributed by atoms with Crippen LogP contribution in [0, 0.1) is 0 Å². The number of benzene rings is 3. The highest BCUT2D eigenvalue weighted by atomic mass is 32.2. The van der Waals surface area contributed by atoms with Gasteiger partial charge in [-0.05, 0) is 50.3 Å². The molecular formula is C39H52N2O5S. The van der Waals surface area contributed by atoms with Crippen molar-refractivity contribution >= 4 is 29.7 Å². The smallest absolute Gasteiger partial charge is 0.408 e. The second-order valence-corrected chi connectivity index (χ2v) is 14.1. The highest BCUT2D eigenvalue weighted by molar-refractivity contribution is 8.00. The SMILES string of the molecule is CC(C)(C)OC(=O)N[C@@H](CSC(c1ccccc1)(c1ccccc1)c1ccccc1)C(=O)NCCCCCCCCCCCC(=O)O. The van der Waals surface area contributed by atoms with Gasteiger partial charge in [-0.2, -0.15) is 0 Å². The number of unbranched alkanes of at least 4 members (excludes halogenated alkanes) is 8. The molecule has 0 aliphatic heterocycles. The lowest BCUT2D eigenvalue weighted by atomic mass is 9.84. The Morgan fingerprint density at radius 2 is 1.11 bits per heavy atom. The van der Waals surface area contributed by atoms with E-state index in [0.29, 0.717) is 12.3 Å². The van der Waals surface area contributed by atoms with E-state index >= 15 is 0 Å². The minimum atomic E-state index is -0.813. The van der Waals surface area contributed by atoms with Gasteiger partial charge in [0.25, 0.3) is 0 Å². The van der Waals surface area contributed by atoms with Gasteiger partial charge in [0.05, 0.1) is 4.75 Å². The number of carboxylic acid groups (broad SMARTS) is 1. The van der Waals surface area contributed by atoms with Gasteiger partial charge in [0.1, 0.15) is 11.6 Å². The highest BCUT2D eigenvalue weighted by Crippen LogP contribution is 2.48. The van der Waals surface area contributed by atoms with Crippen molar-refractivity contribution in [2.24, 2.45) is 0 Å². The molecule has 7 nitrogen and oxygen atoms in total. The lowest BCUT2D eigenvalue weighted by Gasteiger charge is -2.36. The fraction of sp³-hybridized carbons (Fsp3) is 0.462. The normalized spacial score (nSPS) is 12.2. The number of hydrogen-bond acceptors (Lipinski definition) is 5. The van der Waals surface area contributed by atoms with Gasteiger partial charge in [-0.3, -0.25) is 9.59 Å². The maximum atomic E-state index is 13.6. The molecule has 0 spiro atoms. The molecule has 3 aromatic carbocycles. The first-order chi connectivity index (χ1) is 22.6. The number of nitrogens with one attached hydrogen (secondary N) is 2. The van der Waals surface area contributed by atoms with Crippen molar-refractivity contribution in [3.63, 3.8) is 0 Å². The number of rotatable bonds is 20. The first kappa shape index (κ1) is 37.7. The van der Waals surface area contributed by atoms with Gasteiger partial charge in [-0.15, -0.1) is 11.8 Å². The highest BCUT2D eigenvalue weighted by Gasteiger charge is 2.38. The molecule has 0 aliphatic carbocycles. The predicted molar refractivity (Wildman–Crippen MR) is 192 cm³/mol. The fourth-order valence-corrected chi connectivity index (χ4v) is 7.14. The van der Waals surface area contributed by atoms with Gasteiger partial charge in [0, 0.05) is 18.7 Å². The molecule has 0 saturated carbocycles. The number of amides is 2. The van der Waals surface area contributed by atoms with Crippen LogP contribution in [0.4, 0.5) is 4.79 Å². The molecule has 254 valence electrons. The van der Waals surface area contributed by atoms with E-state index in [1.165, 1.54) is 0 Å². The molecule has 2 amide bonds. The third kappa shape index (κ3) is 13.1. The molecule has 0 heterocycles. The summed E-state index contributed by atoms with van der Waals surface area (Å²) in [7, 11) is 0. The molecule has 0 aliphatic rings. The van der Waals surface area contributed by atoms with Gasteiger partial charge >= 0.3 is 12.1 Å². The van der Waals surface area contributed by atoms with Crippen LogP contribution in [-0.2, 0) is 19.1 Å². The number of carbonyl (C=O) groups is 3. The molecule has 3 N–H and O–H groups in total. The van der Waals surface area contributed by atoms with Crippen molar-refractivity contribution in [1.29, 1.82) is 0 Å². The van der Waals surface area contributed by atoms with Gasteiger partial charge in [-0.1, -0.05) is 136 Å². The minimum Gasteiger partial charge on any atom is -0.481 e. The maximum Gasteiger partial charge on any atom is 0.408 e. The lowest BCUT2D eigenvalue weighted by molar-refractivity contribution is -0.137. The van der Waals surface area contributed by atoms with Crippen LogP contribution in [0.25, 0.3) is 0 Å². The average molecular weight is 661 g/mol. The predicted octanol–water partition coefficient (Wildman–Crippen LogP) is 8.71. The molecular weight excluding hydrogens is 609 g/mol. The van der Waals surface area contributed by atoms with Crippen molar-refractivity contribution in [2.45, 2.75) is 101 Å². The largest absolute Gasteiger partial charge is 0.481 e. The molecule has 3 rings (SSSR count). The molecule has 0 unspecified atom stereocenters. The summed E-state index contributed by atoms with van der Waals surface area (Å²) < 4.78 is 4.93. The van der Waals surface area contributed by atoms with Gasteiger partial charge in [-0.25, -0.2) is 4.79 Å². The molecule has 3 aromatic rings. The van der Waals surface area contributed by atoms with Gasteiger partial charge in [0.2, 0.25) is 5.91 Å². The number of carboxylic acids is 1. The number of alkyl carbamates (subject to hydrolysis) is 1. The van der Waals surface area contributed by atoms with Crippen molar-refractivity contribution in [1.82, 2.24) is 10.6 Å². The van der Waals surface area contributed by atoms with Crippen LogP contribution < -0.4 is 10.6 Å². The maximum absolute atomic E-state index is 13.6. The first-order valence-electron chi connectivity index (χ1n) is 16.9. The van der Waals surface area contributed by atoms with Crippen LogP contribution in [0.1, 0.15) is 102 Å². The van der Waals surface area contributed by atoms with Gasteiger partial charge in [0.15, 0.2) is 0 Å². The van der Waals surface area contributed by atoms with Crippen LogP contribution >= 0.6 is 11.8 Å². The molecule has 0 aromatic heterocycles. The third-order valence-electron chi connectivity index (χ3n) is 7.88. The number of ether oxygens (including phenoxy) is 1.